The molecule has 3 aromatic carbocycles. The van der Waals surface area contributed by atoms with Crippen LogP contribution in [0, 0.1) is 0 Å². The SMILES string of the molecule is O=S(=O)(Nc1ccc(Cl)c(Cl)c1)c1ccc(NC(=S)NCc2ccccc2)cc1. The highest BCUT2D eigenvalue weighted by molar-refractivity contribution is 7.92. The first kappa shape index (κ1) is 21.4. The van der Waals surface area contributed by atoms with Crippen LogP contribution in [0.3, 0.4) is 0 Å². The first-order chi connectivity index (χ1) is 13.8. The number of rotatable bonds is 6. The lowest BCUT2D eigenvalue weighted by Gasteiger charge is -2.12. The summed E-state index contributed by atoms with van der Waals surface area (Å²) in [5.74, 6) is 0. The number of benzene rings is 3. The highest BCUT2D eigenvalue weighted by Crippen LogP contribution is 2.26. The van der Waals surface area contributed by atoms with Crippen LogP contribution in [0.4, 0.5) is 11.4 Å². The largest absolute Gasteiger partial charge is 0.358 e. The van der Waals surface area contributed by atoms with Crippen LogP contribution >= 0.6 is 35.4 Å². The van der Waals surface area contributed by atoms with Crippen LogP contribution < -0.4 is 15.4 Å². The molecule has 0 radical (unpaired) electrons. The molecule has 5 nitrogen and oxygen atoms in total. The predicted octanol–water partition coefficient (Wildman–Crippen LogP) is 5.28. The molecule has 0 aliphatic carbocycles. The highest BCUT2D eigenvalue weighted by Gasteiger charge is 2.15. The third kappa shape index (κ3) is 6.08. The second-order valence-corrected chi connectivity index (χ2v) is 8.96. The third-order valence-electron chi connectivity index (χ3n) is 3.89. The van der Waals surface area contributed by atoms with E-state index in [1.165, 1.54) is 24.3 Å². The van der Waals surface area contributed by atoms with Gasteiger partial charge >= 0.3 is 0 Å². The van der Waals surface area contributed by atoms with Crippen molar-refractivity contribution in [1.29, 1.82) is 0 Å². The Hall–Kier alpha value is -2.32. The van der Waals surface area contributed by atoms with Gasteiger partial charge in [-0.15, -0.1) is 0 Å². The lowest BCUT2D eigenvalue weighted by atomic mass is 10.2. The molecule has 3 rings (SSSR count). The Morgan fingerprint density at radius 3 is 2.17 bits per heavy atom. The maximum absolute atomic E-state index is 12.5. The molecule has 3 N–H and O–H groups in total. The molecule has 0 saturated heterocycles. The monoisotopic (exact) mass is 465 g/mol. The van der Waals surface area contributed by atoms with Gasteiger partial charge in [-0.1, -0.05) is 53.5 Å². The van der Waals surface area contributed by atoms with Gasteiger partial charge in [0.15, 0.2) is 5.11 Å². The van der Waals surface area contributed by atoms with Crippen LogP contribution in [0.1, 0.15) is 5.56 Å². The summed E-state index contributed by atoms with van der Waals surface area (Å²) < 4.78 is 27.6. The number of sulfonamides is 1. The molecule has 150 valence electrons. The van der Waals surface area contributed by atoms with Gasteiger partial charge in [0.1, 0.15) is 0 Å². The van der Waals surface area contributed by atoms with Crippen LogP contribution in [-0.2, 0) is 16.6 Å². The van der Waals surface area contributed by atoms with Crippen LogP contribution in [0.15, 0.2) is 77.7 Å². The van der Waals surface area contributed by atoms with Gasteiger partial charge in [0, 0.05) is 12.2 Å². The van der Waals surface area contributed by atoms with Crippen molar-refractivity contribution >= 4 is 61.9 Å². The first-order valence-corrected chi connectivity index (χ1v) is 11.1. The summed E-state index contributed by atoms with van der Waals surface area (Å²) in [6.45, 7) is 0.590. The summed E-state index contributed by atoms with van der Waals surface area (Å²) in [7, 11) is -3.76. The second-order valence-electron chi connectivity index (χ2n) is 6.05. The summed E-state index contributed by atoms with van der Waals surface area (Å²) >= 11 is 17.1. The third-order valence-corrected chi connectivity index (χ3v) is 6.27. The zero-order valence-corrected chi connectivity index (χ0v) is 18.2. The van der Waals surface area contributed by atoms with Gasteiger partial charge in [-0.25, -0.2) is 8.42 Å². The number of halogens is 2. The van der Waals surface area contributed by atoms with Crippen molar-refractivity contribution in [3.8, 4) is 0 Å². The molecule has 0 atom stereocenters. The maximum Gasteiger partial charge on any atom is 0.261 e. The van der Waals surface area contributed by atoms with Crippen molar-refractivity contribution in [3.05, 3.63) is 88.4 Å². The Kier molecular flexibility index (Phi) is 6.97. The standard InChI is InChI=1S/C20H17Cl2N3O2S2/c21-18-11-8-16(12-19(18)22)25-29(26,27)17-9-6-15(7-10-17)24-20(28)23-13-14-4-2-1-3-5-14/h1-12,25H,13H2,(H2,23,24,28). The fourth-order valence-electron chi connectivity index (χ4n) is 2.44. The summed E-state index contributed by atoms with van der Waals surface area (Å²) in [5.41, 5.74) is 2.10. The Balaban J connectivity index is 1.61. The molecule has 0 amide bonds. The highest BCUT2D eigenvalue weighted by atomic mass is 35.5. The summed E-state index contributed by atoms with van der Waals surface area (Å²) in [6.07, 6.45) is 0. The van der Waals surface area contributed by atoms with Crippen molar-refractivity contribution in [3.63, 3.8) is 0 Å². The van der Waals surface area contributed by atoms with Gasteiger partial charge in [0.25, 0.3) is 10.0 Å². The van der Waals surface area contributed by atoms with E-state index in [0.717, 1.165) is 5.56 Å². The van der Waals surface area contributed by atoms with E-state index in [1.807, 2.05) is 30.3 Å². The number of nitrogens with one attached hydrogen (secondary N) is 3. The Morgan fingerprint density at radius 2 is 1.52 bits per heavy atom. The molecule has 0 saturated carbocycles. The van der Waals surface area contributed by atoms with E-state index in [9.17, 15) is 8.42 Å². The molecular weight excluding hydrogens is 449 g/mol. The van der Waals surface area contributed by atoms with E-state index >= 15 is 0 Å². The Bertz CT molecular complexity index is 1110. The van der Waals surface area contributed by atoms with Gasteiger partial charge < -0.3 is 10.6 Å². The molecule has 0 fully saturated rings. The van der Waals surface area contributed by atoms with Crippen molar-refractivity contribution in [2.24, 2.45) is 0 Å². The van der Waals surface area contributed by atoms with E-state index < -0.39 is 10.0 Å². The minimum absolute atomic E-state index is 0.109. The molecule has 0 heterocycles. The lowest BCUT2D eigenvalue weighted by molar-refractivity contribution is 0.601. The van der Waals surface area contributed by atoms with Gasteiger partial charge in [-0.05, 0) is 60.2 Å². The molecule has 0 aromatic heterocycles. The fraction of sp³-hybridized carbons (Fsp3) is 0.0500. The number of hydrogen-bond donors (Lipinski definition) is 3. The van der Waals surface area contributed by atoms with Crippen molar-refractivity contribution in [2.45, 2.75) is 11.4 Å². The summed E-state index contributed by atoms with van der Waals surface area (Å²) in [6, 6.07) is 20.6. The quantitative estimate of drug-likeness (QED) is 0.431. The smallest absolute Gasteiger partial charge is 0.261 e. The van der Waals surface area contributed by atoms with Crippen LogP contribution in [-0.4, -0.2) is 13.5 Å². The fourth-order valence-corrected chi connectivity index (χ4v) is 3.98. The van der Waals surface area contributed by atoms with E-state index in [0.29, 0.717) is 28.1 Å². The first-order valence-electron chi connectivity index (χ1n) is 8.50. The number of thiocarbonyl (C=S) groups is 1. The second kappa shape index (κ2) is 9.45. The summed E-state index contributed by atoms with van der Waals surface area (Å²) in [5, 5.41) is 7.19. The average Bonchev–Trinajstić information content (AvgIpc) is 2.70. The minimum atomic E-state index is -3.76. The maximum atomic E-state index is 12.5. The van der Waals surface area contributed by atoms with Crippen molar-refractivity contribution in [1.82, 2.24) is 5.32 Å². The number of anilines is 2. The zero-order chi connectivity index (χ0) is 20.9. The average molecular weight is 466 g/mol. The normalized spacial score (nSPS) is 11.0. The van der Waals surface area contributed by atoms with Gasteiger partial charge in [-0.3, -0.25) is 4.72 Å². The Labute approximate surface area is 185 Å². The van der Waals surface area contributed by atoms with Gasteiger partial charge in [0.05, 0.1) is 20.6 Å². The molecule has 29 heavy (non-hydrogen) atoms. The molecule has 0 bridgehead atoms. The van der Waals surface area contributed by atoms with Gasteiger partial charge in [0.2, 0.25) is 0 Å². The molecule has 3 aromatic rings. The van der Waals surface area contributed by atoms with Crippen LogP contribution in [0.25, 0.3) is 0 Å². The minimum Gasteiger partial charge on any atom is -0.358 e. The van der Waals surface area contributed by atoms with Gasteiger partial charge in [-0.2, -0.15) is 0 Å². The zero-order valence-electron chi connectivity index (χ0n) is 15.0. The Morgan fingerprint density at radius 1 is 0.862 bits per heavy atom. The lowest BCUT2D eigenvalue weighted by Crippen LogP contribution is -2.27. The summed E-state index contributed by atoms with van der Waals surface area (Å²) in [4.78, 5) is 0.109. The molecule has 0 aliphatic heterocycles. The van der Waals surface area contributed by atoms with E-state index in [1.54, 1.807) is 18.2 Å². The van der Waals surface area contributed by atoms with Crippen molar-refractivity contribution in [2.75, 3.05) is 10.0 Å². The molecular formula is C20H17Cl2N3O2S2. The van der Waals surface area contributed by atoms with E-state index in [2.05, 4.69) is 15.4 Å². The topological polar surface area (TPSA) is 70.2 Å². The van der Waals surface area contributed by atoms with E-state index in [-0.39, 0.29) is 9.92 Å². The predicted molar refractivity (Wildman–Crippen MR) is 123 cm³/mol. The molecule has 0 unspecified atom stereocenters. The molecule has 0 aliphatic rings. The molecule has 9 heteroatoms. The number of hydrogen-bond acceptors (Lipinski definition) is 3. The van der Waals surface area contributed by atoms with E-state index in [4.69, 9.17) is 35.4 Å². The molecule has 0 spiro atoms. The van der Waals surface area contributed by atoms with Crippen molar-refractivity contribution < 1.29 is 8.42 Å². The van der Waals surface area contributed by atoms with Crippen LogP contribution in [0.5, 0.6) is 0 Å². The van der Waals surface area contributed by atoms with Crippen LogP contribution in [0.2, 0.25) is 10.0 Å².